The van der Waals surface area contributed by atoms with Crippen molar-refractivity contribution in [1.29, 1.82) is 0 Å². The fraction of sp³-hybridized carbons (Fsp3) is 0.263. The van der Waals surface area contributed by atoms with Crippen LogP contribution in [0.25, 0.3) is 0 Å². The van der Waals surface area contributed by atoms with E-state index in [0.717, 1.165) is 22.8 Å². The lowest BCUT2D eigenvalue weighted by Crippen LogP contribution is -2.51. The highest BCUT2D eigenvalue weighted by molar-refractivity contribution is 7.92. The summed E-state index contributed by atoms with van der Waals surface area (Å²) in [6.45, 7) is 1.12. The summed E-state index contributed by atoms with van der Waals surface area (Å²) in [7, 11) is -4.07. The summed E-state index contributed by atoms with van der Waals surface area (Å²) < 4.78 is 40.5. The van der Waals surface area contributed by atoms with Crippen LogP contribution < -0.4 is 4.31 Å². The van der Waals surface area contributed by atoms with Crippen LogP contribution in [0.5, 0.6) is 0 Å². The van der Waals surface area contributed by atoms with Crippen molar-refractivity contribution >= 4 is 28.0 Å². The molecule has 1 aliphatic heterocycles. The minimum absolute atomic E-state index is 0.101. The number of sulfonamides is 1. The molecule has 1 saturated heterocycles. The molecule has 3 rings (SSSR count). The lowest BCUT2D eigenvalue weighted by molar-refractivity contribution is -0.133. The number of hydrogen-bond acceptors (Lipinski definition) is 4. The molecule has 0 atom stereocenters. The van der Waals surface area contributed by atoms with E-state index < -0.39 is 15.8 Å². The van der Waals surface area contributed by atoms with Gasteiger partial charge in [0.25, 0.3) is 10.0 Å². The first kappa shape index (κ1) is 19.8. The zero-order valence-corrected chi connectivity index (χ0v) is 15.9. The van der Waals surface area contributed by atoms with Gasteiger partial charge in [-0.25, -0.2) is 12.8 Å². The maximum Gasteiger partial charge on any atom is 0.264 e. The number of anilines is 1. The molecule has 0 saturated carbocycles. The number of piperazine rings is 1. The van der Waals surface area contributed by atoms with Gasteiger partial charge in [-0.2, -0.15) is 0 Å². The van der Waals surface area contributed by atoms with Crippen molar-refractivity contribution in [3.05, 3.63) is 60.4 Å². The maximum absolute atomic E-state index is 13.2. The van der Waals surface area contributed by atoms with Crippen molar-refractivity contribution in [2.75, 3.05) is 37.0 Å². The van der Waals surface area contributed by atoms with Gasteiger partial charge in [-0.1, -0.05) is 18.2 Å². The van der Waals surface area contributed by atoms with Crippen LogP contribution in [0.1, 0.15) is 0 Å². The number of para-hydroxylation sites is 1. The molecule has 0 radical (unpaired) electrons. The van der Waals surface area contributed by atoms with Crippen molar-refractivity contribution < 1.29 is 22.4 Å². The van der Waals surface area contributed by atoms with E-state index in [2.05, 4.69) is 0 Å². The molecule has 9 heteroatoms. The minimum atomic E-state index is -4.07. The molecular weight excluding hydrogens is 385 g/mol. The SMILES string of the molecule is O=CN1CCN(C(=O)CN(c2ccccc2)S(=O)(=O)c2ccc(F)cc2)CC1. The van der Waals surface area contributed by atoms with Gasteiger partial charge in [0.05, 0.1) is 10.6 Å². The lowest BCUT2D eigenvalue weighted by Gasteiger charge is -2.34. The molecule has 0 bridgehead atoms. The summed E-state index contributed by atoms with van der Waals surface area (Å²) in [6, 6.07) is 12.8. The second-order valence-corrected chi connectivity index (χ2v) is 8.19. The van der Waals surface area contributed by atoms with E-state index in [1.54, 1.807) is 35.2 Å². The fourth-order valence-electron chi connectivity index (χ4n) is 2.94. The van der Waals surface area contributed by atoms with Crippen molar-refractivity contribution in [3.63, 3.8) is 0 Å². The largest absolute Gasteiger partial charge is 0.342 e. The van der Waals surface area contributed by atoms with E-state index in [9.17, 15) is 22.4 Å². The molecule has 0 aliphatic carbocycles. The first-order valence-electron chi connectivity index (χ1n) is 8.72. The molecule has 148 valence electrons. The Hall–Kier alpha value is -2.94. The van der Waals surface area contributed by atoms with E-state index in [4.69, 9.17) is 0 Å². The Morgan fingerprint density at radius 2 is 1.61 bits per heavy atom. The molecule has 7 nitrogen and oxygen atoms in total. The molecule has 0 aromatic heterocycles. The van der Waals surface area contributed by atoms with Gasteiger partial charge in [0.1, 0.15) is 12.4 Å². The molecule has 2 aromatic rings. The average molecular weight is 405 g/mol. The van der Waals surface area contributed by atoms with Gasteiger partial charge in [-0.3, -0.25) is 13.9 Å². The van der Waals surface area contributed by atoms with Crippen molar-refractivity contribution in [2.24, 2.45) is 0 Å². The molecule has 0 unspecified atom stereocenters. The fourth-order valence-corrected chi connectivity index (χ4v) is 4.36. The quantitative estimate of drug-likeness (QED) is 0.679. The summed E-state index contributed by atoms with van der Waals surface area (Å²) >= 11 is 0. The number of rotatable bonds is 6. The number of carbonyl (C=O) groups excluding carboxylic acids is 2. The number of benzene rings is 2. The number of carbonyl (C=O) groups is 2. The summed E-state index contributed by atoms with van der Waals surface area (Å²) in [5, 5.41) is 0. The summed E-state index contributed by atoms with van der Waals surface area (Å²) in [4.78, 5) is 26.6. The molecule has 1 fully saturated rings. The Labute approximate surface area is 163 Å². The van der Waals surface area contributed by atoms with Crippen molar-refractivity contribution in [3.8, 4) is 0 Å². The number of amides is 2. The van der Waals surface area contributed by atoms with Crippen LogP contribution in [0, 0.1) is 5.82 Å². The van der Waals surface area contributed by atoms with Crippen molar-refractivity contribution in [2.45, 2.75) is 4.90 Å². The van der Waals surface area contributed by atoms with E-state index in [-0.39, 0.29) is 17.3 Å². The third-order valence-corrected chi connectivity index (χ3v) is 6.33. The summed E-state index contributed by atoms with van der Waals surface area (Å²) in [5.41, 5.74) is 0.340. The van der Waals surface area contributed by atoms with Gasteiger partial charge in [-0.05, 0) is 36.4 Å². The first-order chi connectivity index (χ1) is 13.4. The zero-order chi connectivity index (χ0) is 20.1. The Kier molecular flexibility index (Phi) is 5.93. The van der Waals surface area contributed by atoms with E-state index in [1.807, 2.05) is 0 Å². The smallest absolute Gasteiger partial charge is 0.264 e. The van der Waals surface area contributed by atoms with Gasteiger partial charge in [-0.15, -0.1) is 0 Å². The predicted octanol–water partition coefficient (Wildman–Crippen LogP) is 1.32. The number of hydrogen-bond donors (Lipinski definition) is 0. The Balaban J connectivity index is 1.87. The molecule has 0 spiro atoms. The Bertz CT molecular complexity index is 927. The van der Waals surface area contributed by atoms with Crippen LogP contribution in [-0.2, 0) is 19.6 Å². The summed E-state index contributed by atoms with van der Waals surface area (Å²) in [6.07, 6.45) is 0.733. The van der Waals surface area contributed by atoms with E-state index in [0.29, 0.717) is 31.9 Å². The zero-order valence-electron chi connectivity index (χ0n) is 15.1. The van der Waals surface area contributed by atoms with Gasteiger partial charge in [0.15, 0.2) is 0 Å². The Morgan fingerprint density at radius 1 is 1.00 bits per heavy atom. The predicted molar refractivity (Wildman–Crippen MR) is 102 cm³/mol. The van der Waals surface area contributed by atoms with Crippen LogP contribution in [-0.4, -0.2) is 63.3 Å². The number of nitrogens with zero attached hydrogens (tertiary/aromatic N) is 3. The summed E-state index contributed by atoms with van der Waals surface area (Å²) in [5.74, 6) is -0.908. The lowest BCUT2D eigenvalue weighted by atomic mass is 10.3. The highest BCUT2D eigenvalue weighted by Gasteiger charge is 2.30. The monoisotopic (exact) mass is 405 g/mol. The standard InChI is InChI=1S/C19H20FN3O4S/c20-16-6-8-18(9-7-16)28(26,27)23(17-4-2-1-3-5-17)14-19(25)22-12-10-21(15-24)11-13-22/h1-9,15H,10-14H2. The Morgan fingerprint density at radius 3 is 2.18 bits per heavy atom. The molecular formula is C19H20FN3O4S. The second-order valence-electron chi connectivity index (χ2n) is 6.32. The van der Waals surface area contributed by atoms with Crippen LogP contribution in [0.2, 0.25) is 0 Å². The van der Waals surface area contributed by atoms with Gasteiger partial charge < -0.3 is 9.80 Å². The maximum atomic E-state index is 13.2. The van der Waals surface area contributed by atoms with Gasteiger partial charge in [0, 0.05) is 26.2 Å². The van der Waals surface area contributed by atoms with Gasteiger partial charge >= 0.3 is 0 Å². The molecule has 28 heavy (non-hydrogen) atoms. The minimum Gasteiger partial charge on any atom is -0.342 e. The van der Waals surface area contributed by atoms with Crippen molar-refractivity contribution in [1.82, 2.24) is 9.80 Å². The molecule has 2 amide bonds. The van der Waals surface area contributed by atoms with Crippen LogP contribution in [0.15, 0.2) is 59.5 Å². The number of halogens is 1. The third-order valence-electron chi connectivity index (χ3n) is 4.54. The first-order valence-corrected chi connectivity index (χ1v) is 10.2. The van der Waals surface area contributed by atoms with E-state index in [1.165, 1.54) is 17.0 Å². The molecule has 1 heterocycles. The third kappa shape index (κ3) is 4.30. The highest BCUT2D eigenvalue weighted by Crippen LogP contribution is 2.24. The van der Waals surface area contributed by atoms with E-state index >= 15 is 0 Å². The van der Waals surface area contributed by atoms with Crippen LogP contribution in [0.4, 0.5) is 10.1 Å². The average Bonchev–Trinajstić information content (AvgIpc) is 2.72. The molecule has 1 aliphatic rings. The van der Waals surface area contributed by atoms with Crippen LogP contribution >= 0.6 is 0 Å². The topological polar surface area (TPSA) is 78.0 Å². The van der Waals surface area contributed by atoms with Gasteiger partial charge in [0.2, 0.25) is 12.3 Å². The molecule has 0 N–H and O–H groups in total. The molecule has 2 aromatic carbocycles. The normalized spacial score (nSPS) is 14.6. The van der Waals surface area contributed by atoms with Crippen LogP contribution in [0.3, 0.4) is 0 Å². The highest BCUT2D eigenvalue weighted by atomic mass is 32.2. The second kappa shape index (κ2) is 8.39.